The van der Waals surface area contributed by atoms with Crippen LogP contribution in [0.5, 0.6) is 0 Å². The number of rotatable bonds is 8. The molecule has 1 aliphatic rings. The molecule has 10 heteroatoms. The Balaban J connectivity index is 2.91. The first kappa shape index (κ1) is 15.9. The Morgan fingerprint density at radius 2 is 1.45 bits per heavy atom. The number of aliphatic hydroxyl groups is 1. The summed E-state index contributed by atoms with van der Waals surface area (Å²) in [6, 6.07) is -1.62. The van der Waals surface area contributed by atoms with Crippen molar-refractivity contribution in [3.63, 3.8) is 0 Å². The summed E-state index contributed by atoms with van der Waals surface area (Å²) in [5, 5.41) is 45.0. The lowest BCUT2D eigenvalue weighted by molar-refractivity contribution is -0.158. The standard InChI is InChI=1S/C10H13NO9/c12-6(13)1-4(8(16)17)10(20)3-11(10)5(9(18)19)2-7(14)15/h4-5,20H,1-3H2,(H,12,13)(H,14,15)(H,16,17)(H,18,19). The molecule has 1 rings (SSSR count). The summed E-state index contributed by atoms with van der Waals surface area (Å²) in [4.78, 5) is 43.8. The maximum absolute atomic E-state index is 11.0. The first-order valence-corrected chi connectivity index (χ1v) is 5.48. The molecule has 0 saturated carbocycles. The van der Waals surface area contributed by atoms with Gasteiger partial charge in [-0.3, -0.25) is 24.1 Å². The van der Waals surface area contributed by atoms with Gasteiger partial charge >= 0.3 is 23.9 Å². The molecule has 4 unspecified atom stereocenters. The van der Waals surface area contributed by atoms with Gasteiger partial charge in [0, 0.05) is 6.54 Å². The van der Waals surface area contributed by atoms with Gasteiger partial charge in [0.15, 0.2) is 0 Å². The Morgan fingerprint density at radius 1 is 0.950 bits per heavy atom. The summed E-state index contributed by atoms with van der Waals surface area (Å²) in [6.07, 6.45) is -1.74. The number of aliphatic carboxylic acids is 4. The molecule has 112 valence electrons. The predicted molar refractivity (Wildman–Crippen MR) is 58.7 cm³/mol. The Hall–Kier alpha value is -2.20. The molecule has 1 aliphatic heterocycles. The van der Waals surface area contributed by atoms with E-state index >= 15 is 0 Å². The maximum atomic E-state index is 11.0. The molecule has 10 nitrogen and oxygen atoms in total. The van der Waals surface area contributed by atoms with Crippen LogP contribution in [0.3, 0.4) is 0 Å². The monoisotopic (exact) mass is 291 g/mol. The second-order valence-corrected chi connectivity index (χ2v) is 4.45. The van der Waals surface area contributed by atoms with Crippen molar-refractivity contribution in [3.8, 4) is 0 Å². The molecule has 1 saturated heterocycles. The zero-order valence-electron chi connectivity index (χ0n) is 10.1. The zero-order chi connectivity index (χ0) is 15.7. The minimum atomic E-state index is -2.16. The molecule has 0 radical (unpaired) electrons. The van der Waals surface area contributed by atoms with Gasteiger partial charge in [0.05, 0.1) is 12.8 Å². The normalized spacial score (nSPS) is 27.4. The number of hydrogen-bond donors (Lipinski definition) is 5. The van der Waals surface area contributed by atoms with Crippen LogP contribution in [0.4, 0.5) is 0 Å². The van der Waals surface area contributed by atoms with Crippen LogP contribution in [-0.2, 0) is 19.2 Å². The third-order valence-corrected chi connectivity index (χ3v) is 3.06. The van der Waals surface area contributed by atoms with Crippen LogP contribution in [0, 0.1) is 5.92 Å². The number of hydrogen-bond acceptors (Lipinski definition) is 6. The number of β-amino-alcohol motifs (C(OH)–C–C–N with tert-alkyl or cyclic N) is 1. The first-order chi connectivity index (χ1) is 9.09. The van der Waals surface area contributed by atoms with Crippen molar-refractivity contribution in [2.45, 2.75) is 24.6 Å². The third kappa shape index (κ3) is 3.22. The lowest BCUT2D eigenvalue weighted by Gasteiger charge is -2.21. The quantitative estimate of drug-likeness (QED) is 0.318. The third-order valence-electron chi connectivity index (χ3n) is 3.06. The first-order valence-electron chi connectivity index (χ1n) is 5.48. The molecule has 0 aromatic heterocycles. The van der Waals surface area contributed by atoms with Crippen LogP contribution in [0.25, 0.3) is 0 Å². The van der Waals surface area contributed by atoms with Crippen molar-refractivity contribution in [2.75, 3.05) is 6.54 Å². The number of carboxylic acids is 4. The van der Waals surface area contributed by atoms with Gasteiger partial charge in [-0.1, -0.05) is 0 Å². The summed E-state index contributed by atoms with van der Waals surface area (Å²) >= 11 is 0. The molecule has 0 aliphatic carbocycles. The topological polar surface area (TPSA) is 172 Å². The van der Waals surface area contributed by atoms with Crippen LogP contribution in [-0.4, -0.2) is 72.6 Å². The fraction of sp³-hybridized carbons (Fsp3) is 0.600. The molecular formula is C10H13NO9. The summed E-state index contributed by atoms with van der Waals surface area (Å²) < 4.78 is 0. The predicted octanol–water partition coefficient (Wildman–Crippen LogP) is -1.91. The van der Waals surface area contributed by atoms with Crippen LogP contribution < -0.4 is 0 Å². The van der Waals surface area contributed by atoms with Gasteiger partial charge in [0.25, 0.3) is 0 Å². The van der Waals surface area contributed by atoms with E-state index in [9.17, 15) is 24.3 Å². The Kier molecular flexibility index (Phi) is 4.30. The number of carboxylic acid groups (broad SMARTS) is 4. The van der Waals surface area contributed by atoms with E-state index in [-0.39, 0.29) is 0 Å². The van der Waals surface area contributed by atoms with Gasteiger partial charge in [-0.25, -0.2) is 0 Å². The number of carbonyl (C=O) groups is 4. The smallest absolute Gasteiger partial charge is 0.321 e. The largest absolute Gasteiger partial charge is 0.481 e. The van der Waals surface area contributed by atoms with Crippen molar-refractivity contribution >= 4 is 23.9 Å². The second kappa shape index (κ2) is 5.43. The second-order valence-electron chi connectivity index (χ2n) is 4.45. The number of nitrogens with zero attached hydrogens (tertiary/aromatic N) is 1. The Bertz CT molecular complexity index is 462. The maximum Gasteiger partial charge on any atom is 0.321 e. The van der Waals surface area contributed by atoms with Crippen LogP contribution in [0.1, 0.15) is 12.8 Å². The van der Waals surface area contributed by atoms with E-state index in [1.54, 1.807) is 0 Å². The van der Waals surface area contributed by atoms with E-state index in [1.807, 2.05) is 0 Å². The highest BCUT2D eigenvalue weighted by molar-refractivity contribution is 5.82. The van der Waals surface area contributed by atoms with Crippen LogP contribution in [0.15, 0.2) is 0 Å². The van der Waals surface area contributed by atoms with E-state index in [2.05, 4.69) is 0 Å². The van der Waals surface area contributed by atoms with E-state index in [4.69, 9.17) is 20.4 Å². The zero-order valence-corrected chi connectivity index (χ0v) is 10.1. The van der Waals surface area contributed by atoms with E-state index in [0.717, 1.165) is 4.90 Å². The van der Waals surface area contributed by atoms with Crippen molar-refractivity contribution in [3.05, 3.63) is 0 Å². The highest BCUT2D eigenvalue weighted by atomic mass is 16.4. The van der Waals surface area contributed by atoms with Crippen molar-refractivity contribution in [2.24, 2.45) is 5.92 Å². The Labute approximate surface area is 111 Å². The molecule has 0 amide bonds. The van der Waals surface area contributed by atoms with Crippen LogP contribution in [0.2, 0.25) is 0 Å². The Morgan fingerprint density at radius 3 is 1.80 bits per heavy atom. The molecule has 1 heterocycles. The highest BCUT2D eigenvalue weighted by Gasteiger charge is 2.63. The molecule has 0 bridgehead atoms. The summed E-state index contributed by atoms with van der Waals surface area (Å²) in [7, 11) is 0. The average Bonchev–Trinajstić information content (AvgIpc) is 2.94. The van der Waals surface area contributed by atoms with E-state index < -0.39 is 60.9 Å². The SMILES string of the molecule is O=C(O)CC(C(=O)O)N1CC1(O)C(CC(=O)O)C(=O)O. The molecule has 20 heavy (non-hydrogen) atoms. The minimum Gasteiger partial charge on any atom is -0.481 e. The van der Waals surface area contributed by atoms with Gasteiger partial charge in [-0.15, -0.1) is 0 Å². The molecule has 0 aromatic rings. The fourth-order valence-electron chi connectivity index (χ4n) is 2.03. The van der Waals surface area contributed by atoms with Crippen molar-refractivity contribution < 1.29 is 44.7 Å². The van der Waals surface area contributed by atoms with Crippen molar-refractivity contribution in [1.82, 2.24) is 4.90 Å². The summed E-state index contributed by atoms with van der Waals surface area (Å²) in [5.41, 5.74) is -2.16. The average molecular weight is 291 g/mol. The molecule has 5 N–H and O–H groups in total. The van der Waals surface area contributed by atoms with E-state index in [1.165, 1.54) is 0 Å². The lowest BCUT2D eigenvalue weighted by atomic mass is 9.98. The van der Waals surface area contributed by atoms with Gasteiger partial charge < -0.3 is 25.5 Å². The molecule has 4 atom stereocenters. The van der Waals surface area contributed by atoms with E-state index in [0.29, 0.717) is 0 Å². The molecule has 0 aromatic carbocycles. The van der Waals surface area contributed by atoms with Crippen LogP contribution >= 0.6 is 0 Å². The lowest BCUT2D eigenvalue weighted by Crippen LogP contribution is -2.42. The highest BCUT2D eigenvalue weighted by Crippen LogP contribution is 2.41. The fourth-order valence-corrected chi connectivity index (χ4v) is 2.03. The van der Waals surface area contributed by atoms with Gasteiger partial charge in [0.1, 0.15) is 17.7 Å². The van der Waals surface area contributed by atoms with Gasteiger partial charge in [-0.05, 0) is 0 Å². The summed E-state index contributed by atoms with van der Waals surface area (Å²) in [5.74, 6) is -7.78. The van der Waals surface area contributed by atoms with Gasteiger partial charge in [-0.2, -0.15) is 0 Å². The minimum absolute atomic E-state index is 0.415. The van der Waals surface area contributed by atoms with Gasteiger partial charge in [0.2, 0.25) is 0 Å². The van der Waals surface area contributed by atoms with Crippen molar-refractivity contribution in [1.29, 1.82) is 0 Å². The summed E-state index contributed by atoms with van der Waals surface area (Å²) in [6.45, 7) is -0.415. The molecular weight excluding hydrogens is 278 g/mol. The molecule has 0 spiro atoms. The molecule has 1 fully saturated rings.